The molecule has 100 valence electrons. The van der Waals surface area contributed by atoms with E-state index in [0.717, 1.165) is 18.7 Å². The molecule has 4 nitrogen and oxygen atoms in total. The maximum Gasteiger partial charge on any atom is 0.170 e. The van der Waals surface area contributed by atoms with Crippen LogP contribution in [0.5, 0.6) is 0 Å². The van der Waals surface area contributed by atoms with Gasteiger partial charge in [-0.25, -0.2) is 0 Å². The highest BCUT2D eigenvalue weighted by Gasteiger charge is 2.03. The second kappa shape index (κ2) is 8.00. The normalized spacial score (nSPS) is 12.1. The Morgan fingerprint density at radius 3 is 2.94 bits per heavy atom. The lowest BCUT2D eigenvalue weighted by molar-refractivity contribution is 0.318. The number of amidine groups is 1. The van der Waals surface area contributed by atoms with E-state index in [1.165, 1.54) is 17.7 Å². The summed E-state index contributed by atoms with van der Waals surface area (Å²) in [6.45, 7) is 1.95. The molecule has 0 bridgehead atoms. The second-order valence-electron chi connectivity index (χ2n) is 4.27. The van der Waals surface area contributed by atoms with Crippen molar-refractivity contribution in [2.75, 3.05) is 25.6 Å². The van der Waals surface area contributed by atoms with E-state index in [1.807, 2.05) is 30.0 Å². The summed E-state index contributed by atoms with van der Waals surface area (Å²) in [6, 6.07) is 7.78. The third kappa shape index (κ3) is 4.98. The van der Waals surface area contributed by atoms with Gasteiger partial charge in [0.2, 0.25) is 0 Å². The Labute approximate surface area is 113 Å². The molecule has 1 aromatic rings. The van der Waals surface area contributed by atoms with Gasteiger partial charge in [0, 0.05) is 12.1 Å². The highest BCUT2D eigenvalue weighted by atomic mass is 32.2. The van der Waals surface area contributed by atoms with E-state index in [-0.39, 0.29) is 5.84 Å². The summed E-state index contributed by atoms with van der Waals surface area (Å²) >= 11 is 1.87. The molecule has 0 unspecified atom stereocenters. The Hall–Kier alpha value is -1.20. The maximum absolute atomic E-state index is 8.65. The SMILES string of the molecule is CSCCCN(C)Cc1cccc(/C(N)=N/O)c1. The largest absolute Gasteiger partial charge is 0.409 e. The molecule has 0 aromatic heterocycles. The molecule has 0 radical (unpaired) electrons. The molecular weight excluding hydrogens is 246 g/mol. The molecule has 3 N–H and O–H groups in total. The number of oxime groups is 1. The molecule has 1 aromatic carbocycles. The van der Waals surface area contributed by atoms with E-state index in [9.17, 15) is 0 Å². The Morgan fingerprint density at radius 1 is 1.50 bits per heavy atom. The van der Waals surface area contributed by atoms with Crippen molar-refractivity contribution >= 4 is 17.6 Å². The third-order valence-electron chi connectivity index (χ3n) is 2.67. The average Bonchev–Trinajstić information content (AvgIpc) is 2.38. The van der Waals surface area contributed by atoms with Crippen LogP contribution in [0.1, 0.15) is 17.5 Å². The van der Waals surface area contributed by atoms with E-state index in [1.54, 1.807) is 0 Å². The molecule has 0 amide bonds. The molecule has 0 heterocycles. The quantitative estimate of drug-likeness (QED) is 0.261. The molecular formula is C13H21N3OS. The summed E-state index contributed by atoms with van der Waals surface area (Å²) in [5.74, 6) is 1.34. The first-order valence-electron chi connectivity index (χ1n) is 5.91. The predicted octanol–water partition coefficient (Wildman–Crippen LogP) is 1.97. The van der Waals surface area contributed by atoms with E-state index in [0.29, 0.717) is 0 Å². The molecule has 0 saturated carbocycles. The van der Waals surface area contributed by atoms with Crippen LogP contribution >= 0.6 is 11.8 Å². The van der Waals surface area contributed by atoms with Crippen molar-refractivity contribution in [3.05, 3.63) is 35.4 Å². The summed E-state index contributed by atoms with van der Waals surface area (Å²) in [4.78, 5) is 2.28. The minimum absolute atomic E-state index is 0.155. The topological polar surface area (TPSA) is 61.8 Å². The van der Waals surface area contributed by atoms with Gasteiger partial charge in [0.05, 0.1) is 0 Å². The van der Waals surface area contributed by atoms with E-state index < -0.39 is 0 Å². The summed E-state index contributed by atoms with van der Waals surface area (Å²) < 4.78 is 0. The van der Waals surface area contributed by atoms with Crippen molar-refractivity contribution in [3.63, 3.8) is 0 Å². The van der Waals surface area contributed by atoms with Crippen molar-refractivity contribution in [1.29, 1.82) is 0 Å². The van der Waals surface area contributed by atoms with Gasteiger partial charge >= 0.3 is 0 Å². The molecule has 0 saturated heterocycles. The van der Waals surface area contributed by atoms with Gasteiger partial charge in [-0.3, -0.25) is 0 Å². The van der Waals surface area contributed by atoms with Crippen LogP contribution in [-0.2, 0) is 6.54 Å². The molecule has 1 rings (SSSR count). The summed E-state index contributed by atoms with van der Waals surface area (Å²) in [5, 5.41) is 11.7. The molecule has 18 heavy (non-hydrogen) atoms. The van der Waals surface area contributed by atoms with Crippen LogP contribution < -0.4 is 5.73 Å². The van der Waals surface area contributed by atoms with Crippen molar-refractivity contribution in [3.8, 4) is 0 Å². The van der Waals surface area contributed by atoms with Crippen molar-refractivity contribution in [1.82, 2.24) is 4.90 Å². The highest BCUT2D eigenvalue weighted by Crippen LogP contribution is 2.08. The molecule has 0 atom stereocenters. The first-order valence-corrected chi connectivity index (χ1v) is 7.31. The number of hydrogen-bond acceptors (Lipinski definition) is 4. The summed E-state index contributed by atoms with van der Waals surface area (Å²) in [6.07, 6.45) is 3.32. The lowest BCUT2D eigenvalue weighted by atomic mass is 10.1. The van der Waals surface area contributed by atoms with Crippen molar-refractivity contribution < 1.29 is 5.21 Å². The Morgan fingerprint density at radius 2 is 2.28 bits per heavy atom. The molecule has 5 heteroatoms. The van der Waals surface area contributed by atoms with Crippen LogP contribution in [0.25, 0.3) is 0 Å². The van der Waals surface area contributed by atoms with Crippen molar-refractivity contribution in [2.45, 2.75) is 13.0 Å². The van der Waals surface area contributed by atoms with Gasteiger partial charge in [0.1, 0.15) is 0 Å². The molecule has 0 fully saturated rings. The zero-order chi connectivity index (χ0) is 13.4. The zero-order valence-corrected chi connectivity index (χ0v) is 11.8. The fourth-order valence-electron chi connectivity index (χ4n) is 1.76. The Kier molecular flexibility index (Phi) is 6.60. The smallest absolute Gasteiger partial charge is 0.170 e. The number of rotatable bonds is 7. The Balaban J connectivity index is 2.56. The number of nitrogens with two attached hydrogens (primary N) is 1. The van der Waals surface area contributed by atoms with Gasteiger partial charge in [-0.05, 0) is 43.7 Å². The minimum atomic E-state index is 0.155. The molecule has 0 spiro atoms. The molecule has 0 aliphatic rings. The number of thioether (sulfide) groups is 1. The zero-order valence-electron chi connectivity index (χ0n) is 11.0. The molecule has 0 aliphatic carbocycles. The van der Waals surface area contributed by atoms with Gasteiger partial charge in [0.15, 0.2) is 5.84 Å². The highest BCUT2D eigenvalue weighted by molar-refractivity contribution is 7.98. The van der Waals surface area contributed by atoms with Gasteiger partial charge < -0.3 is 15.8 Å². The standard InChI is InChI=1S/C13H21N3OS/c1-16(7-4-8-18-2)10-11-5-3-6-12(9-11)13(14)15-17/h3,5-6,9,17H,4,7-8,10H2,1-2H3,(H2,14,15). The number of nitrogens with zero attached hydrogens (tertiary/aromatic N) is 2. The van der Waals surface area contributed by atoms with Crippen LogP contribution in [0.3, 0.4) is 0 Å². The van der Waals surface area contributed by atoms with E-state index in [2.05, 4.69) is 29.4 Å². The van der Waals surface area contributed by atoms with Gasteiger partial charge in [-0.1, -0.05) is 23.4 Å². The van der Waals surface area contributed by atoms with Crippen LogP contribution in [-0.4, -0.2) is 41.5 Å². The lowest BCUT2D eigenvalue weighted by Gasteiger charge is -2.16. The summed E-state index contributed by atoms with van der Waals surface area (Å²) in [7, 11) is 2.11. The lowest BCUT2D eigenvalue weighted by Crippen LogP contribution is -2.20. The fraction of sp³-hybridized carbons (Fsp3) is 0.462. The predicted molar refractivity (Wildman–Crippen MR) is 78.3 cm³/mol. The number of benzene rings is 1. The molecule has 0 aliphatic heterocycles. The van der Waals surface area contributed by atoms with Crippen LogP contribution in [0, 0.1) is 0 Å². The second-order valence-corrected chi connectivity index (χ2v) is 5.26. The van der Waals surface area contributed by atoms with Crippen molar-refractivity contribution in [2.24, 2.45) is 10.9 Å². The average molecular weight is 267 g/mol. The fourth-order valence-corrected chi connectivity index (χ4v) is 2.17. The summed E-state index contributed by atoms with van der Waals surface area (Å²) in [5.41, 5.74) is 7.50. The van der Waals surface area contributed by atoms with E-state index >= 15 is 0 Å². The van der Waals surface area contributed by atoms with Gasteiger partial charge in [-0.15, -0.1) is 0 Å². The Bertz CT molecular complexity index is 396. The number of hydrogen-bond donors (Lipinski definition) is 2. The minimum Gasteiger partial charge on any atom is -0.409 e. The van der Waals surface area contributed by atoms with Crippen LogP contribution in [0.2, 0.25) is 0 Å². The van der Waals surface area contributed by atoms with E-state index in [4.69, 9.17) is 10.9 Å². The van der Waals surface area contributed by atoms with Gasteiger partial charge in [-0.2, -0.15) is 11.8 Å². The third-order valence-corrected chi connectivity index (χ3v) is 3.37. The first kappa shape index (κ1) is 14.9. The monoisotopic (exact) mass is 267 g/mol. The van der Waals surface area contributed by atoms with Crippen LogP contribution in [0.4, 0.5) is 0 Å². The maximum atomic E-state index is 8.65. The van der Waals surface area contributed by atoms with Crippen LogP contribution in [0.15, 0.2) is 29.4 Å². The first-order chi connectivity index (χ1) is 8.67. The van der Waals surface area contributed by atoms with Gasteiger partial charge in [0.25, 0.3) is 0 Å².